The SMILES string of the molecule is Cc1cn(-c2cc(CN3CCCC(N)C3)cc(NC(=O)c3ccc(-c4ccccc4)cc3)c2)cn1. The third kappa shape index (κ3) is 5.67. The van der Waals surface area contributed by atoms with E-state index in [1.54, 1.807) is 6.33 Å². The minimum absolute atomic E-state index is 0.130. The van der Waals surface area contributed by atoms with E-state index in [2.05, 4.69) is 39.5 Å². The number of hydrogen-bond acceptors (Lipinski definition) is 4. The van der Waals surface area contributed by atoms with Crippen molar-refractivity contribution < 1.29 is 4.79 Å². The molecule has 1 aliphatic heterocycles. The van der Waals surface area contributed by atoms with Crippen molar-refractivity contribution >= 4 is 11.6 Å². The molecular weight excluding hydrogens is 434 g/mol. The average Bonchev–Trinajstić information content (AvgIpc) is 3.31. The van der Waals surface area contributed by atoms with Crippen molar-refractivity contribution in [3.63, 3.8) is 0 Å². The van der Waals surface area contributed by atoms with Gasteiger partial charge < -0.3 is 15.6 Å². The van der Waals surface area contributed by atoms with Crippen LogP contribution in [0.25, 0.3) is 16.8 Å². The number of likely N-dealkylation sites (tertiary alicyclic amines) is 1. The van der Waals surface area contributed by atoms with E-state index in [4.69, 9.17) is 5.73 Å². The maximum Gasteiger partial charge on any atom is 0.255 e. The highest BCUT2D eigenvalue weighted by molar-refractivity contribution is 6.04. The highest BCUT2D eigenvalue weighted by atomic mass is 16.1. The van der Waals surface area contributed by atoms with Crippen LogP contribution in [0.5, 0.6) is 0 Å². The van der Waals surface area contributed by atoms with Crippen molar-refractivity contribution in [3.05, 3.63) is 102 Å². The first-order valence-corrected chi connectivity index (χ1v) is 12.1. The first-order valence-electron chi connectivity index (χ1n) is 12.1. The zero-order valence-electron chi connectivity index (χ0n) is 20.0. The third-order valence-electron chi connectivity index (χ3n) is 6.45. The number of amides is 1. The Morgan fingerprint density at radius 2 is 1.83 bits per heavy atom. The van der Waals surface area contributed by atoms with Gasteiger partial charge in [0.1, 0.15) is 0 Å². The molecule has 0 radical (unpaired) electrons. The van der Waals surface area contributed by atoms with Gasteiger partial charge in [-0.3, -0.25) is 9.69 Å². The van der Waals surface area contributed by atoms with Gasteiger partial charge >= 0.3 is 0 Å². The standard InChI is InChI=1S/C29H31N5O/c1-21-17-34(20-31-21)28-15-22(18-33-13-5-8-26(30)19-33)14-27(16-28)32-29(35)25-11-9-24(10-12-25)23-6-3-2-4-7-23/h2-4,6-7,9-12,14-17,20,26H,5,8,13,18-19,30H2,1H3,(H,32,35). The summed E-state index contributed by atoms with van der Waals surface area (Å²) in [5.74, 6) is -0.130. The van der Waals surface area contributed by atoms with Gasteiger partial charge in [0.05, 0.1) is 12.0 Å². The molecule has 1 aliphatic rings. The molecule has 3 N–H and O–H groups in total. The van der Waals surface area contributed by atoms with Crippen LogP contribution in [0.3, 0.4) is 0 Å². The Labute approximate surface area is 206 Å². The number of anilines is 1. The van der Waals surface area contributed by atoms with E-state index >= 15 is 0 Å². The molecule has 178 valence electrons. The largest absolute Gasteiger partial charge is 0.327 e. The summed E-state index contributed by atoms with van der Waals surface area (Å²) in [5.41, 5.74) is 12.9. The summed E-state index contributed by atoms with van der Waals surface area (Å²) in [6.45, 7) is 4.70. The maximum atomic E-state index is 13.1. The van der Waals surface area contributed by atoms with E-state index in [-0.39, 0.29) is 11.9 Å². The number of imidazole rings is 1. The van der Waals surface area contributed by atoms with E-state index < -0.39 is 0 Å². The lowest BCUT2D eigenvalue weighted by Crippen LogP contribution is -2.42. The first-order chi connectivity index (χ1) is 17.0. The molecule has 4 aromatic rings. The van der Waals surface area contributed by atoms with Gasteiger partial charge in [-0.05, 0) is 73.3 Å². The molecule has 5 rings (SSSR count). The van der Waals surface area contributed by atoms with Gasteiger partial charge in [0, 0.05) is 42.3 Å². The fraction of sp³-hybridized carbons (Fsp3) is 0.241. The Bertz CT molecular complexity index is 1300. The van der Waals surface area contributed by atoms with E-state index in [1.165, 1.54) is 0 Å². The molecule has 35 heavy (non-hydrogen) atoms. The number of nitrogens with two attached hydrogens (primary N) is 1. The molecule has 3 aromatic carbocycles. The summed E-state index contributed by atoms with van der Waals surface area (Å²) < 4.78 is 1.99. The minimum Gasteiger partial charge on any atom is -0.327 e. The minimum atomic E-state index is -0.130. The van der Waals surface area contributed by atoms with Crippen LogP contribution >= 0.6 is 0 Å². The van der Waals surface area contributed by atoms with E-state index in [0.717, 1.165) is 66.2 Å². The fourth-order valence-corrected chi connectivity index (χ4v) is 4.69. The Morgan fingerprint density at radius 3 is 2.54 bits per heavy atom. The molecule has 0 spiro atoms. The van der Waals surface area contributed by atoms with Gasteiger partial charge in [0.25, 0.3) is 5.91 Å². The Kier molecular flexibility index (Phi) is 6.75. The first kappa shape index (κ1) is 23.0. The monoisotopic (exact) mass is 465 g/mol. The Hall–Kier alpha value is -3.74. The highest BCUT2D eigenvalue weighted by Gasteiger charge is 2.18. The molecule has 0 saturated carbocycles. The molecule has 6 heteroatoms. The smallest absolute Gasteiger partial charge is 0.255 e. The van der Waals surface area contributed by atoms with Crippen molar-refractivity contribution in [2.24, 2.45) is 5.73 Å². The molecule has 0 bridgehead atoms. The summed E-state index contributed by atoms with van der Waals surface area (Å²) in [6.07, 6.45) is 5.99. The average molecular weight is 466 g/mol. The zero-order chi connectivity index (χ0) is 24.2. The number of nitrogens with one attached hydrogen (secondary N) is 1. The van der Waals surface area contributed by atoms with Gasteiger partial charge in [-0.1, -0.05) is 42.5 Å². The lowest BCUT2D eigenvalue weighted by Gasteiger charge is -2.30. The number of aromatic nitrogens is 2. The molecule has 1 unspecified atom stereocenters. The van der Waals surface area contributed by atoms with Crippen molar-refractivity contribution in [1.82, 2.24) is 14.5 Å². The molecule has 1 fully saturated rings. The van der Waals surface area contributed by atoms with E-state index in [9.17, 15) is 4.79 Å². The predicted molar refractivity (Wildman–Crippen MR) is 141 cm³/mol. The Morgan fingerprint density at radius 1 is 1.06 bits per heavy atom. The molecule has 6 nitrogen and oxygen atoms in total. The van der Waals surface area contributed by atoms with Gasteiger partial charge in [-0.15, -0.1) is 0 Å². The van der Waals surface area contributed by atoms with Gasteiger partial charge in [0.2, 0.25) is 0 Å². The van der Waals surface area contributed by atoms with Crippen LogP contribution in [0.4, 0.5) is 5.69 Å². The van der Waals surface area contributed by atoms with Crippen molar-refractivity contribution in [2.75, 3.05) is 18.4 Å². The summed E-state index contributed by atoms with van der Waals surface area (Å²) in [6, 6.07) is 24.3. The van der Waals surface area contributed by atoms with Gasteiger partial charge in [-0.2, -0.15) is 0 Å². The Balaban J connectivity index is 1.38. The van der Waals surface area contributed by atoms with Crippen molar-refractivity contribution in [2.45, 2.75) is 32.4 Å². The summed E-state index contributed by atoms with van der Waals surface area (Å²) in [7, 11) is 0. The quantitative estimate of drug-likeness (QED) is 0.419. The molecule has 1 aromatic heterocycles. The normalized spacial score (nSPS) is 16.2. The maximum absolute atomic E-state index is 13.1. The molecular formula is C29H31N5O. The number of carbonyl (C=O) groups is 1. The van der Waals surface area contributed by atoms with Crippen LogP contribution in [0.1, 0.15) is 34.5 Å². The number of benzene rings is 3. The lowest BCUT2D eigenvalue weighted by atomic mass is 10.0. The topological polar surface area (TPSA) is 76.2 Å². The van der Waals surface area contributed by atoms with Crippen LogP contribution in [0.15, 0.2) is 85.3 Å². The van der Waals surface area contributed by atoms with Crippen LogP contribution in [-0.2, 0) is 6.54 Å². The van der Waals surface area contributed by atoms with E-state index in [1.807, 2.05) is 66.2 Å². The molecule has 2 heterocycles. The fourth-order valence-electron chi connectivity index (χ4n) is 4.69. The number of rotatable bonds is 6. The van der Waals surface area contributed by atoms with Crippen LogP contribution in [0.2, 0.25) is 0 Å². The number of aryl methyl sites for hydroxylation is 1. The molecule has 1 amide bonds. The summed E-state index contributed by atoms with van der Waals surface area (Å²) >= 11 is 0. The van der Waals surface area contributed by atoms with Crippen molar-refractivity contribution in [1.29, 1.82) is 0 Å². The second-order valence-electron chi connectivity index (χ2n) is 9.35. The summed E-state index contributed by atoms with van der Waals surface area (Å²) in [4.78, 5) is 19.9. The second kappa shape index (κ2) is 10.3. The number of nitrogens with zero attached hydrogens (tertiary/aromatic N) is 3. The van der Waals surface area contributed by atoms with Crippen LogP contribution in [-0.4, -0.2) is 39.5 Å². The van der Waals surface area contributed by atoms with E-state index in [0.29, 0.717) is 5.56 Å². The predicted octanol–water partition coefficient (Wildman–Crippen LogP) is 5.02. The van der Waals surface area contributed by atoms with Crippen LogP contribution < -0.4 is 11.1 Å². The molecule has 0 aliphatic carbocycles. The second-order valence-corrected chi connectivity index (χ2v) is 9.35. The zero-order valence-corrected chi connectivity index (χ0v) is 20.0. The third-order valence-corrected chi connectivity index (χ3v) is 6.45. The summed E-state index contributed by atoms with van der Waals surface area (Å²) in [5, 5.41) is 3.10. The highest BCUT2D eigenvalue weighted by Crippen LogP contribution is 2.23. The molecule has 1 saturated heterocycles. The lowest BCUT2D eigenvalue weighted by molar-refractivity contribution is 0.102. The molecule has 1 atom stereocenters. The van der Waals surface area contributed by atoms with Crippen molar-refractivity contribution in [3.8, 4) is 16.8 Å². The van der Waals surface area contributed by atoms with Crippen LogP contribution in [0, 0.1) is 6.92 Å². The number of hydrogen-bond donors (Lipinski definition) is 2. The number of carbonyl (C=O) groups excluding carboxylic acids is 1. The van der Waals surface area contributed by atoms with Gasteiger partial charge in [-0.25, -0.2) is 4.98 Å². The number of piperidine rings is 1. The van der Waals surface area contributed by atoms with Gasteiger partial charge in [0.15, 0.2) is 0 Å².